The van der Waals surface area contributed by atoms with E-state index in [1.165, 1.54) is 4.90 Å². The molecule has 0 radical (unpaired) electrons. The van der Waals surface area contributed by atoms with Crippen LogP contribution in [0.3, 0.4) is 0 Å². The second-order valence-electron chi connectivity index (χ2n) is 3.07. The average Bonchev–Trinajstić information content (AvgIpc) is 1.99. The Morgan fingerprint density at radius 1 is 1.67 bits per heavy atom. The predicted molar refractivity (Wildman–Crippen MR) is 43.4 cm³/mol. The highest BCUT2D eigenvalue weighted by atomic mass is 16.2. The largest absolute Gasteiger partial charge is 0.351 e. The van der Waals surface area contributed by atoms with Crippen LogP contribution >= 0.6 is 0 Å². The number of primary amides is 1. The molecule has 1 unspecified atom stereocenters. The molecule has 0 bridgehead atoms. The summed E-state index contributed by atoms with van der Waals surface area (Å²) in [5, 5.41) is 0. The quantitative estimate of drug-likeness (QED) is 0.520. The lowest BCUT2D eigenvalue weighted by molar-refractivity contribution is -0.135. The summed E-state index contributed by atoms with van der Waals surface area (Å²) in [5.74, 6) is -0.0625. The Morgan fingerprint density at radius 3 is 2.67 bits per heavy atom. The molecule has 0 aromatic carbocycles. The fourth-order valence-corrected chi connectivity index (χ4v) is 1.19. The summed E-state index contributed by atoms with van der Waals surface area (Å²) < 4.78 is 0. The SMILES string of the molecule is CC1CN(C(N)=O)CC(=O)N1C. The van der Waals surface area contributed by atoms with Gasteiger partial charge in [0.2, 0.25) is 5.91 Å². The molecule has 0 saturated carbocycles. The van der Waals surface area contributed by atoms with E-state index in [1.807, 2.05) is 6.92 Å². The van der Waals surface area contributed by atoms with Gasteiger partial charge in [-0.1, -0.05) is 0 Å². The van der Waals surface area contributed by atoms with E-state index in [0.717, 1.165) is 0 Å². The molecular weight excluding hydrogens is 158 g/mol. The minimum absolute atomic E-state index is 0.0544. The van der Waals surface area contributed by atoms with Crippen LogP contribution in [0.1, 0.15) is 6.92 Å². The highest BCUT2D eigenvalue weighted by Crippen LogP contribution is 2.07. The normalized spacial score (nSPS) is 24.5. The second-order valence-corrected chi connectivity index (χ2v) is 3.07. The molecule has 0 aromatic heterocycles. The van der Waals surface area contributed by atoms with Gasteiger partial charge in [-0.2, -0.15) is 0 Å². The van der Waals surface area contributed by atoms with Crippen LogP contribution in [-0.2, 0) is 4.79 Å². The van der Waals surface area contributed by atoms with E-state index >= 15 is 0 Å². The number of hydrogen-bond acceptors (Lipinski definition) is 2. The summed E-state index contributed by atoms with van der Waals surface area (Å²) >= 11 is 0. The lowest BCUT2D eigenvalue weighted by atomic mass is 10.2. The maximum atomic E-state index is 11.2. The fourth-order valence-electron chi connectivity index (χ4n) is 1.19. The maximum Gasteiger partial charge on any atom is 0.315 e. The van der Waals surface area contributed by atoms with Gasteiger partial charge in [-0.15, -0.1) is 0 Å². The Balaban J connectivity index is 2.66. The number of amides is 3. The number of likely N-dealkylation sites (N-methyl/N-ethyl adjacent to an activating group) is 1. The van der Waals surface area contributed by atoms with Crippen molar-refractivity contribution in [3.63, 3.8) is 0 Å². The van der Waals surface area contributed by atoms with Gasteiger partial charge in [-0.3, -0.25) is 4.79 Å². The summed E-state index contributed by atoms with van der Waals surface area (Å²) in [6.45, 7) is 2.51. The molecule has 1 heterocycles. The fraction of sp³-hybridized carbons (Fsp3) is 0.714. The third kappa shape index (κ3) is 1.49. The van der Waals surface area contributed by atoms with Gasteiger partial charge < -0.3 is 15.5 Å². The molecule has 68 valence electrons. The second kappa shape index (κ2) is 3.00. The third-order valence-electron chi connectivity index (χ3n) is 2.18. The first kappa shape index (κ1) is 8.83. The molecule has 3 amide bonds. The molecule has 12 heavy (non-hydrogen) atoms. The van der Waals surface area contributed by atoms with E-state index in [-0.39, 0.29) is 18.5 Å². The van der Waals surface area contributed by atoms with Gasteiger partial charge in [0.1, 0.15) is 6.54 Å². The van der Waals surface area contributed by atoms with Crippen LogP contribution in [0.25, 0.3) is 0 Å². The Labute approximate surface area is 71.1 Å². The van der Waals surface area contributed by atoms with Gasteiger partial charge in [-0.05, 0) is 6.92 Å². The number of carbonyl (C=O) groups is 2. The number of nitrogens with two attached hydrogens (primary N) is 1. The topological polar surface area (TPSA) is 66.6 Å². The molecule has 5 heteroatoms. The Bertz CT molecular complexity index is 217. The highest BCUT2D eigenvalue weighted by molar-refractivity contribution is 5.84. The van der Waals surface area contributed by atoms with E-state index in [2.05, 4.69) is 0 Å². The Kier molecular flexibility index (Phi) is 2.21. The molecule has 5 nitrogen and oxygen atoms in total. The lowest BCUT2D eigenvalue weighted by Crippen LogP contribution is -2.56. The summed E-state index contributed by atoms with van der Waals surface area (Å²) in [4.78, 5) is 24.9. The van der Waals surface area contributed by atoms with Gasteiger partial charge in [0.05, 0.1) is 0 Å². The van der Waals surface area contributed by atoms with Crippen molar-refractivity contribution in [2.75, 3.05) is 20.1 Å². The highest BCUT2D eigenvalue weighted by Gasteiger charge is 2.28. The number of rotatable bonds is 0. The summed E-state index contributed by atoms with van der Waals surface area (Å²) in [5.41, 5.74) is 5.05. The molecule has 1 saturated heterocycles. The zero-order valence-electron chi connectivity index (χ0n) is 7.28. The van der Waals surface area contributed by atoms with Gasteiger partial charge in [0.15, 0.2) is 0 Å². The Hall–Kier alpha value is -1.26. The molecule has 2 N–H and O–H groups in total. The van der Waals surface area contributed by atoms with Crippen molar-refractivity contribution in [1.82, 2.24) is 9.80 Å². The smallest absolute Gasteiger partial charge is 0.315 e. The molecule has 1 aliphatic heterocycles. The maximum absolute atomic E-state index is 11.2. The van der Waals surface area contributed by atoms with Crippen LogP contribution in [0.4, 0.5) is 4.79 Å². The lowest BCUT2D eigenvalue weighted by Gasteiger charge is -2.36. The van der Waals surface area contributed by atoms with Crippen molar-refractivity contribution in [3.8, 4) is 0 Å². The zero-order chi connectivity index (χ0) is 9.30. The molecule has 0 aromatic rings. The Morgan fingerprint density at radius 2 is 2.25 bits per heavy atom. The number of urea groups is 1. The van der Waals surface area contributed by atoms with E-state index < -0.39 is 6.03 Å². The van der Waals surface area contributed by atoms with Crippen LogP contribution in [0.5, 0.6) is 0 Å². The number of hydrogen-bond donors (Lipinski definition) is 1. The van der Waals surface area contributed by atoms with Crippen molar-refractivity contribution in [2.45, 2.75) is 13.0 Å². The van der Waals surface area contributed by atoms with Crippen LogP contribution in [-0.4, -0.2) is 47.9 Å². The monoisotopic (exact) mass is 171 g/mol. The predicted octanol–water partition coefficient (Wildman–Crippen LogP) is -0.772. The molecule has 0 spiro atoms. The third-order valence-corrected chi connectivity index (χ3v) is 2.18. The number of piperazine rings is 1. The first-order valence-corrected chi connectivity index (χ1v) is 3.82. The minimum Gasteiger partial charge on any atom is -0.351 e. The van der Waals surface area contributed by atoms with Crippen molar-refractivity contribution in [3.05, 3.63) is 0 Å². The molecule has 1 fully saturated rings. The van der Waals surface area contributed by atoms with Gasteiger partial charge >= 0.3 is 6.03 Å². The molecule has 0 aliphatic carbocycles. The van der Waals surface area contributed by atoms with Crippen molar-refractivity contribution in [1.29, 1.82) is 0 Å². The number of carbonyl (C=O) groups excluding carboxylic acids is 2. The van der Waals surface area contributed by atoms with E-state index in [1.54, 1.807) is 11.9 Å². The molecule has 1 atom stereocenters. The molecule has 1 rings (SSSR count). The van der Waals surface area contributed by atoms with Crippen LogP contribution in [0, 0.1) is 0 Å². The van der Waals surface area contributed by atoms with Crippen molar-refractivity contribution >= 4 is 11.9 Å². The average molecular weight is 171 g/mol. The first-order valence-electron chi connectivity index (χ1n) is 3.82. The summed E-state index contributed by atoms with van der Waals surface area (Å²) in [7, 11) is 1.73. The van der Waals surface area contributed by atoms with Gasteiger partial charge in [0.25, 0.3) is 0 Å². The van der Waals surface area contributed by atoms with Crippen LogP contribution in [0.2, 0.25) is 0 Å². The van der Waals surface area contributed by atoms with E-state index in [0.29, 0.717) is 6.54 Å². The van der Waals surface area contributed by atoms with Crippen molar-refractivity contribution < 1.29 is 9.59 Å². The molecule has 1 aliphatic rings. The standard InChI is InChI=1S/C7H13N3O2/c1-5-3-10(7(8)12)4-6(11)9(5)2/h5H,3-4H2,1-2H3,(H2,8,12). The number of nitrogens with zero attached hydrogens (tertiary/aromatic N) is 2. The van der Waals surface area contributed by atoms with Crippen LogP contribution < -0.4 is 5.73 Å². The van der Waals surface area contributed by atoms with E-state index in [4.69, 9.17) is 5.73 Å². The van der Waals surface area contributed by atoms with E-state index in [9.17, 15) is 9.59 Å². The first-order chi connectivity index (χ1) is 5.52. The summed E-state index contributed by atoms with van der Waals surface area (Å²) in [6.07, 6.45) is 0. The van der Waals surface area contributed by atoms with Crippen LogP contribution in [0.15, 0.2) is 0 Å². The van der Waals surface area contributed by atoms with Crippen molar-refractivity contribution in [2.24, 2.45) is 5.73 Å². The van der Waals surface area contributed by atoms with Gasteiger partial charge in [0, 0.05) is 19.6 Å². The molecular formula is C7H13N3O2. The van der Waals surface area contributed by atoms with Gasteiger partial charge in [-0.25, -0.2) is 4.79 Å². The zero-order valence-corrected chi connectivity index (χ0v) is 7.28. The summed E-state index contributed by atoms with van der Waals surface area (Å²) in [6, 6.07) is -0.470. The minimum atomic E-state index is -0.525.